The number of hydrogen-bond donors (Lipinski definition) is 0. The Kier molecular flexibility index (Phi) is 5.40. The number of rotatable bonds is 4. The highest BCUT2D eigenvalue weighted by Crippen LogP contribution is 2.21. The van der Waals surface area contributed by atoms with Crippen molar-refractivity contribution in [1.29, 1.82) is 0 Å². The van der Waals surface area contributed by atoms with Gasteiger partial charge in [0.05, 0.1) is 0 Å². The molecule has 2 rings (SSSR count). The number of aromatic nitrogens is 1. The van der Waals surface area contributed by atoms with Gasteiger partial charge in [-0.15, -0.1) is 0 Å². The van der Waals surface area contributed by atoms with Gasteiger partial charge in [-0.1, -0.05) is 0 Å². The first-order valence-corrected chi connectivity index (χ1v) is 7.92. The van der Waals surface area contributed by atoms with Gasteiger partial charge in [0.2, 0.25) is 0 Å². The number of hydrogen-bond acceptors (Lipinski definition) is 4. The van der Waals surface area contributed by atoms with Crippen molar-refractivity contribution in [3.05, 3.63) is 30.1 Å². The van der Waals surface area contributed by atoms with E-state index in [0.29, 0.717) is 0 Å². The number of pyridine rings is 1. The van der Waals surface area contributed by atoms with E-state index < -0.39 is 5.60 Å². The average Bonchev–Trinajstić information content (AvgIpc) is 2.86. The number of likely N-dealkylation sites (tertiary alicyclic amines) is 1. The topological polar surface area (TPSA) is 45.7 Å². The summed E-state index contributed by atoms with van der Waals surface area (Å²) in [7, 11) is 2.09. The first-order chi connectivity index (χ1) is 10.3. The van der Waals surface area contributed by atoms with Crippen LogP contribution in [0.25, 0.3) is 0 Å². The largest absolute Gasteiger partial charge is 0.444 e. The lowest BCUT2D eigenvalue weighted by Crippen LogP contribution is -2.44. The van der Waals surface area contributed by atoms with Gasteiger partial charge >= 0.3 is 6.09 Å². The summed E-state index contributed by atoms with van der Waals surface area (Å²) < 4.78 is 5.51. The van der Waals surface area contributed by atoms with Gasteiger partial charge in [-0.25, -0.2) is 4.79 Å². The third-order valence-corrected chi connectivity index (χ3v) is 3.73. The van der Waals surface area contributed by atoms with Gasteiger partial charge in [-0.2, -0.15) is 0 Å². The lowest BCUT2D eigenvalue weighted by Gasteiger charge is -2.31. The van der Waals surface area contributed by atoms with Gasteiger partial charge in [0.1, 0.15) is 5.60 Å². The molecule has 1 amide bonds. The minimum atomic E-state index is -0.437. The van der Waals surface area contributed by atoms with E-state index in [2.05, 4.69) is 16.9 Å². The Morgan fingerprint density at radius 3 is 2.73 bits per heavy atom. The Labute approximate surface area is 133 Å². The van der Waals surface area contributed by atoms with E-state index in [-0.39, 0.29) is 12.1 Å². The molecule has 0 aromatic carbocycles. The van der Waals surface area contributed by atoms with Crippen LogP contribution < -0.4 is 0 Å². The van der Waals surface area contributed by atoms with E-state index in [4.69, 9.17) is 4.74 Å². The highest BCUT2D eigenvalue weighted by atomic mass is 16.6. The van der Waals surface area contributed by atoms with E-state index in [9.17, 15) is 4.79 Å². The quantitative estimate of drug-likeness (QED) is 0.858. The number of carbonyl (C=O) groups is 1. The second-order valence-electron chi connectivity index (χ2n) is 7.02. The van der Waals surface area contributed by atoms with Gasteiger partial charge in [-0.3, -0.25) is 4.98 Å². The number of ether oxygens (including phenoxy) is 1. The highest BCUT2D eigenvalue weighted by Gasteiger charge is 2.32. The van der Waals surface area contributed by atoms with Crippen LogP contribution in [0.4, 0.5) is 4.79 Å². The van der Waals surface area contributed by atoms with E-state index in [0.717, 1.165) is 32.5 Å². The second-order valence-corrected chi connectivity index (χ2v) is 7.02. The van der Waals surface area contributed by atoms with Gasteiger partial charge in [0.25, 0.3) is 0 Å². The minimum Gasteiger partial charge on any atom is -0.444 e. The lowest BCUT2D eigenvalue weighted by molar-refractivity contribution is 0.0201. The van der Waals surface area contributed by atoms with Crippen molar-refractivity contribution in [2.45, 2.75) is 51.8 Å². The molecule has 1 fully saturated rings. The molecule has 0 radical (unpaired) electrons. The molecule has 1 aliphatic heterocycles. The molecule has 0 saturated carbocycles. The average molecular weight is 305 g/mol. The van der Waals surface area contributed by atoms with Crippen molar-refractivity contribution in [2.75, 3.05) is 20.1 Å². The molecular formula is C17H27N3O2. The monoisotopic (exact) mass is 305 g/mol. The SMILES string of the molecule is CN(Cc1ccncc1)C[C@@H]1CCCN1C(=O)OC(C)(C)C. The molecule has 122 valence electrons. The van der Waals surface area contributed by atoms with Crippen molar-refractivity contribution < 1.29 is 9.53 Å². The fourth-order valence-corrected chi connectivity index (χ4v) is 2.81. The molecule has 0 N–H and O–H groups in total. The predicted octanol–water partition coefficient (Wildman–Crippen LogP) is 2.91. The standard InChI is InChI=1S/C17H27N3O2/c1-17(2,3)22-16(21)20-11-5-6-15(20)13-19(4)12-14-7-9-18-10-8-14/h7-10,15H,5-6,11-13H2,1-4H3/t15-/m0/s1. The van der Waals surface area contributed by atoms with E-state index in [1.165, 1.54) is 5.56 Å². The normalized spacial score (nSPS) is 18.8. The Bertz CT molecular complexity index is 484. The molecular weight excluding hydrogens is 278 g/mol. The zero-order valence-electron chi connectivity index (χ0n) is 14.1. The maximum Gasteiger partial charge on any atom is 0.410 e. The van der Waals surface area contributed by atoms with Crippen LogP contribution in [-0.2, 0) is 11.3 Å². The summed E-state index contributed by atoms with van der Waals surface area (Å²) in [6.07, 6.45) is 5.53. The molecule has 5 heteroatoms. The molecule has 22 heavy (non-hydrogen) atoms. The molecule has 1 atom stereocenters. The minimum absolute atomic E-state index is 0.188. The van der Waals surface area contributed by atoms with Gasteiger partial charge < -0.3 is 14.5 Å². The maximum atomic E-state index is 12.3. The zero-order valence-corrected chi connectivity index (χ0v) is 14.1. The summed E-state index contributed by atoms with van der Waals surface area (Å²) in [5, 5.41) is 0. The Morgan fingerprint density at radius 2 is 2.09 bits per heavy atom. The van der Waals surface area contributed by atoms with E-state index >= 15 is 0 Å². The van der Waals surface area contributed by atoms with Crippen LogP contribution in [0.2, 0.25) is 0 Å². The molecule has 1 aromatic rings. The fraction of sp³-hybridized carbons (Fsp3) is 0.647. The first-order valence-electron chi connectivity index (χ1n) is 7.92. The van der Waals surface area contributed by atoms with Crippen LogP contribution >= 0.6 is 0 Å². The molecule has 1 aromatic heterocycles. The van der Waals surface area contributed by atoms with Crippen molar-refractivity contribution >= 4 is 6.09 Å². The van der Waals surface area contributed by atoms with Crippen LogP contribution in [0, 0.1) is 0 Å². The second kappa shape index (κ2) is 7.09. The zero-order chi connectivity index (χ0) is 16.2. The summed E-state index contributed by atoms with van der Waals surface area (Å²) in [5.74, 6) is 0. The predicted molar refractivity (Wildman–Crippen MR) is 86.5 cm³/mol. The van der Waals surface area contributed by atoms with Gasteiger partial charge in [0, 0.05) is 38.1 Å². The number of carbonyl (C=O) groups excluding carboxylic acids is 1. The number of amides is 1. The highest BCUT2D eigenvalue weighted by molar-refractivity contribution is 5.69. The first kappa shape index (κ1) is 16.7. The molecule has 1 aliphatic rings. The summed E-state index contributed by atoms with van der Waals surface area (Å²) in [6, 6.07) is 4.29. The third-order valence-electron chi connectivity index (χ3n) is 3.73. The number of likely N-dealkylation sites (N-methyl/N-ethyl adjacent to an activating group) is 1. The van der Waals surface area contributed by atoms with Gasteiger partial charge in [-0.05, 0) is 58.4 Å². The van der Waals surface area contributed by atoms with Crippen molar-refractivity contribution in [2.24, 2.45) is 0 Å². The van der Waals surface area contributed by atoms with Crippen LogP contribution in [0.3, 0.4) is 0 Å². The van der Waals surface area contributed by atoms with Crippen molar-refractivity contribution in [3.63, 3.8) is 0 Å². The molecule has 1 saturated heterocycles. The summed E-state index contributed by atoms with van der Waals surface area (Å²) in [6.45, 7) is 8.24. The summed E-state index contributed by atoms with van der Waals surface area (Å²) in [4.78, 5) is 20.5. The third kappa shape index (κ3) is 4.98. The smallest absolute Gasteiger partial charge is 0.410 e. The molecule has 5 nitrogen and oxygen atoms in total. The summed E-state index contributed by atoms with van der Waals surface area (Å²) in [5.41, 5.74) is 0.798. The van der Waals surface area contributed by atoms with Crippen LogP contribution in [0.1, 0.15) is 39.2 Å². The van der Waals surface area contributed by atoms with Gasteiger partial charge in [0.15, 0.2) is 0 Å². The molecule has 0 spiro atoms. The van der Waals surface area contributed by atoms with Crippen molar-refractivity contribution in [3.8, 4) is 0 Å². The Balaban J connectivity index is 1.89. The summed E-state index contributed by atoms with van der Waals surface area (Å²) >= 11 is 0. The van der Waals surface area contributed by atoms with E-state index in [1.807, 2.05) is 50.2 Å². The van der Waals surface area contributed by atoms with Crippen molar-refractivity contribution in [1.82, 2.24) is 14.8 Å². The van der Waals surface area contributed by atoms with E-state index in [1.54, 1.807) is 0 Å². The van der Waals surface area contributed by atoms with Crippen LogP contribution in [-0.4, -0.2) is 52.7 Å². The Morgan fingerprint density at radius 1 is 1.41 bits per heavy atom. The molecule has 0 aliphatic carbocycles. The molecule has 2 heterocycles. The Hall–Kier alpha value is -1.62. The van der Waals surface area contributed by atoms with Crippen LogP contribution in [0.15, 0.2) is 24.5 Å². The molecule has 0 unspecified atom stereocenters. The maximum absolute atomic E-state index is 12.3. The number of nitrogens with zero attached hydrogens (tertiary/aromatic N) is 3. The molecule has 0 bridgehead atoms. The fourth-order valence-electron chi connectivity index (χ4n) is 2.81. The van der Waals surface area contributed by atoms with Crippen LogP contribution in [0.5, 0.6) is 0 Å². The lowest BCUT2D eigenvalue weighted by atomic mass is 10.2.